The van der Waals surface area contributed by atoms with Crippen LogP contribution < -0.4 is 0 Å². The summed E-state index contributed by atoms with van der Waals surface area (Å²) in [6.45, 7) is 3.18. The number of nitrogens with one attached hydrogen (secondary N) is 1. The van der Waals surface area contributed by atoms with Crippen LogP contribution in [-0.2, 0) is 6.54 Å². The van der Waals surface area contributed by atoms with Gasteiger partial charge in [0.25, 0.3) is 0 Å². The highest BCUT2D eigenvalue weighted by atomic mass is 35.5. The lowest BCUT2D eigenvalue weighted by Crippen LogP contribution is -2.14. The summed E-state index contributed by atoms with van der Waals surface area (Å²) in [5.74, 6) is 1.25. The molecule has 0 spiro atoms. The van der Waals surface area contributed by atoms with Gasteiger partial charge in [-0.25, -0.2) is 4.39 Å². The van der Waals surface area contributed by atoms with Crippen LogP contribution in [0.4, 0.5) is 4.39 Å². The van der Waals surface area contributed by atoms with Crippen molar-refractivity contribution in [2.75, 3.05) is 0 Å². The number of nitrogens with zero attached hydrogens (tertiary/aromatic N) is 1. The van der Waals surface area contributed by atoms with Crippen molar-refractivity contribution < 1.29 is 4.39 Å². The van der Waals surface area contributed by atoms with Gasteiger partial charge in [0.05, 0.1) is 16.1 Å². The maximum Gasteiger partial charge on any atom is 0.178 e. The number of hydrogen-bond donors (Lipinski definition) is 1. The fourth-order valence-corrected chi connectivity index (χ4v) is 3.77. The van der Waals surface area contributed by atoms with Crippen LogP contribution in [0.1, 0.15) is 39.0 Å². The minimum absolute atomic E-state index is 0.132. The Bertz CT molecular complexity index is 698. The van der Waals surface area contributed by atoms with E-state index in [0.29, 0.717) is 4.77 Å². The fourth-order valence-electron chi connectivity index (χ4n) is 3.30. The molecule has 21 heavy (non-hydrogen) atoms. The van der Waals surface area contributed by atoms with Gasteiger partial charge in [0, 0.05) is 12.6 Å². The van der Waals surface area contributed by atoms with Crippen LogP contribution in [0.2, 0.25) is 5.02 Å². The van der Waals surface area contributed by atoms with Gasteiger partial charge in [-0.2, -0.15) is 0 Å². The quantitative estimate of drug-likeness (QED) is 0.717. The lowest BCUT2D eigenvalue weighted by molar-refractivity contribution is 0.269. The van der Waals surface area contributed by atoms with Crippen molar-refractivity contribution in [3.63, 3.8) is 0 Å². The third kappa shape index (κ3) is 3.16. The maximum absolute atomic E-state index is 13.7. The number of imidazole rings is 1. The number of benzene rings is 1. The van der Waals surface area contributed by atoms with Gasteiger partial charge in [-0.15, -0.1) is 0 Å². The summed E-state index contributed by atoms with van der Waals surface area (Å²) < 4.78 is 16.3. The van der Waals surface area contributed by atoms with Crippen LogP contribution in [0.3, 0.4) is 0 Å². The molecule has 1 heterocycles. The number of aromatic amines is 1. The van der Waals surface area contributed by atoms with Crippen LogP contribution >= 0.6 is 23.8 Å². The fraction of sp³-hybridized carbons (Fsp3) is 0.562. The molecule has 0 saturated heterocycles. The molecule has 0 unspecified atom stereocenters. The summed E-state index contributed by atoms with van der Waals surface area (Å²) >= 11 is 11.2. The standard InChI is InChI=1S/C16H20ClFN2S/c1-10-2-4-11(5-3-10)6-7-20-15-9-13(18)12(17)8-14(15)19-16(20)21/h8-11H,2-7H2,1H3,(H,19,21). The van der Waals surface area contributed by atoms with Gasteiger partial charge in [0.1, 0.15) is 5.82 Å². The van der Waals surface area contributed by atoms with Crippen LogP contribution in [0.15, 0.2) is 12.1 Å². The van der Waals surface area contributed by atoms with Crippen LogP contribution in [0.25, 0.3) is 11.0 Å². The summed E-state index contributed by atoms with van der Waals surface area (Å²) in [5, 5.41) is 0.132. The first-order chi connectivity index (χ1) is 10.0. The third-order valence-electron chi connectivity index (χ3n) is 4.71. The second-order valence-electron chi connectivity index (χ2n) is 6.28. The van der Waals surface area contributed by atoms with E-state index in [1.807, 2.05) is 4.57 Å². The lowest BCUT2D eigenvalue weighted by Gasteiger charge is -2.26. The Hall–Kier alpha value is -0.870. The van der Waals surface area contributed by atoms with Gasteiger partial charge in [-0.3, -0.25) is 0 Å². The minimum atomic E-state index is -0.390. The zero-order chi connectivity index (χ0) is 15.0. The molecule has 1 aromatic carbocycles. The van der Waals surface area contributed by atoms with Gasteiger partial charge in [0.2, 0.25) is 0 Å². The highest BCUT2D eigenvalue weighted by Gasteiger charge is 2.18. The van der Waals surface area contributed by atoms with E-state index >= 15 is 0 Å². The Morgan fingerprint density at radius 3 is 2.76 bits per heavy atom. The summed E-state index contributed by atoms with van der Waals surface area (Å²) in [5.41, 5.74) is 1.62. The molecule has 1 saturated carbocycles. The molecule has 1 aliphatic carbocycles. The van der Waals surface area contributed by atoms with E-state index in [1.54, 1.807) is 6.07 Å². The molecule has 3 rings (SSSR count). The van der Waals surface area contributed by atoms with Crippen molar-refractivity contribution in [1.82, 2.24) is 9.55 Å². The zero-order valence-corrected chi connectivity index (χ0v) is 13.7. The zero-order valence-electron chi connectivity index (χ0n) is 12.2. The van der Waals surface area contributed by atoms with Crippen molar-refractivity contribution in [2.24, 2.45) is 11.8 Å². The number of H-pyrrole nitrogens is 1. The molecule has 0 aliphatic heterocycles. The molecule has 114 valence electrons. The van der Waals surface area contributed by atoms with Crippen molar-refractivity contribution in [2.45, 2.75) is 45.6 Å². The average molecular weight is 327 g/mol. The molecule has 1 N–H and O–H groups in total. The number of aromatic nitrogens is 2. The predicted octanol–water partition coefficient (Wildman–Crippen LogP) is 5.71. The minimum Gasteiger partial charge on any atom is -0.331 e. The molecule has 1 aliphatic rings. The Morgan fingerprint density at radius 1 is 1.33 bits per heavy atom. The van der Waals surface area contributed by atoms with Gasteiger partial charge >= 0.3 is 0 Å². The Labute approximate surface area is 134 Å². The molecule has 0 atom stereocenters. The average Bonchev–Trinajstić information content (AvgIpc) is 2.74. The first-order valence-corrected chi connectivity index (χ1v) is 8.41. The summed E-state index contributed by atoms with van der Waals surface area (Å²) in [6, 6.07) is 3.09. The third-order valence-corrected chi connectivity index (χ3v) is 5.32. The number of aryl methyl sites for hydroxylation is 1. The largest absolute Gasteiger partial charge is 0.331 e. The highest BCUT2D eigenvalue weighted by molar-refractivity contribution is 7.71. The lowest BCUT2D eigenvalue weighted by atomic mass is 9.81. The monoisotopic (exact) mass is 326 g/mol. The number of halogens is 2. The number of rotatable bonds is 3. The van der Waals surface area contributed by atoms with E-state index in [2.05, 4.69) is 11.9 Å². The van der Waals surface area contributed by atoms with E-state index in [-0.39, 0.29) is 5.02 Å². The summed E-state index contributed by atoms with van der Waals surface area (Å²) in [6.07, 6.45) is 6.37. The second-order valence-corrected chi connectivity index (χ2v) is 7.07. The van der Waals surface area contributed by atoms with Crippen molar-refractivity contribution in [3.8, 4) is 0 Å². The Balaban J connectivity index is 1.79. The van der Waals surface area contributed by atoms with E-state index in [9.17, 15) is 4.39 Å². The number of fused-ring (bicyclic) bond motifs is 1. The molecular formula is C16H20ClFN2S. The van der Waals surface area contributed by atoms with E-state index in [0.717, 1.165) is 35.8 Å². The molecular weight excluding hydrogens is 307 g/mol. The van der Waals surface area contributed by atoms with Gasteiger partial charge in [-0.1, -0.05) is 44.2 Å². The van der Waals surface area contributed by atoms with Gasteiger partial charge in [-0.05, 0) is 36.5 Å². The second kappa shape index (κ2) is 6.09. The molecule has 0 amide bonds. The van der Waals surface area contributed by atoms with Crippen LogP contribution in [0.5, 0.6) is 0 Å². The van der Waals surface area contributed by atoms with Crippen LogP contribution in [0, 0.1) is 22.4 Å². The molecule has 5 heteroatoms. The van der Waals surface area contributed by atoms with Crippen LogP contribution in [-0.4, -0.2) is 9.55 Å². The summed E-state index contributed by atoms with van der Waals surface area (Å²) in [4.78, 5) is 3.12. The molecule has 2 nitrogen and oxygen atoms in total. The molecule has 1 aromatic heterocycles. The van der Waals surface area contributed by atoms with Crippen molar-refractivity contribution in [3.05, 3.63) is 27.7 Å². The normalized spacial score (nSPS) is 22.8. The molecule has 2 aromatic rings. The Morgan fingerprint density at radius 2 is 2.05 bits per heavy atom. The van der Waals surface area contributed by atoms with Gasteiger partial charge < -0.3 is 9.55 Å². The SMILES string of the molecule is CC1CCC(CCn2c(=S)[nH]c3cc(Cl)c(F)cc32)CC1. The number of hydrogen-bond acceptors (Lipinski definition) is 1. The summed E-state index contributed by atoms with van der Waals surface area (Å²) in [7, 11) is 0. The van der Waals surface area contributed by atoms with E-state index in [4.69, 9.17) is 23.8 Å². The molecule has 0 bridgehead atoms. The highest BCUT2D eigenvalue weighted by Crippen LogP contribution is 2.31. The Kier molecular flexibility index (Phi) is 4.36. The first-order valence-electron chi connectivity index (χ1n) is 7.62. The first kappa shape index (κ1) is 15.0. The maximum atomic E-state index is 13.7. The van der Waals surface area contributed by atoms with E-state index in [1.165, 1.54) is 31.7 Å². The van der Waals surface area contributed by atoms with E-state index < -0.39 is 5.82 Å². The van der Waals surface area contributed by atoms with Crippen molar-refractivity contribution in [1.29, 1.82) is 0 Å². The van der Waals surface area contributed by atoms with Crippen molar-refractivity contribution >= 4 is 34.9 Å². The smallest absolute Gasteiger partial charge is 0.178 e. The van der Waals surface area contributed by atoms with Gasteiger partial charge in [0.15, 0.2) is 4.77 Å². The topological polar surface area (TPSA) is 20.7 Å². The molecule has 1 fully saturated rings. The predicted molar refractivity (Wildman–Crippen MR) is 87.8 cm³/mol. The molecule has 0 radical (unpaired) electrons.